The first kappa shape index (κ1) is 17.0. The molecule has 1 aromatic heterocycles. The van der Waals surface area contributed by atoms with E-state index in [1.54, 1.807) is 6.92 Å². The van der Waals surface area contributed by atoms with E-state index in [1.807, 2.05) is 29.2 Å². The lowest BCUT2D eigenvalue weighted by molar-refractivity contribution is 0.0784. The summed E-state index contributed by atoms with van der Waals surface area (Å²) in [6.07, 6.45) is 6.62. The minimum atomic E-state index is 0.0659. The van der Waals surface area contributed by atoms with Gasteiger partial charge in [-0.25, -0.2) is 9.97 Å². The van der Waals surface area contributed by atoms with Gasteiger partial charge in [0.05, 0.1) is 16.4 Å². The number of allylic oxidation sites excluding steroid dienone is 2. The van der Waals surface area contributed by atoms with Crippen molar-refractivity contribution in [1.82, 2.24) is 14.9 Å². The fraction of sp³-hybridized carbons (Fsp3) is 0.350. The Bertz CT molecular complexity index is 879. The number of carbonyl (C=O) groups is 1. The predicted molar refractivity (Wildman–Crippen MR) is 103 cm³/mol. The summed E-state index contributed by atoms with van der Waals surface area (Å²) in [6.45, 7) is 3.45. The van der Waals surface area contributed by atoms with Gasteiger partial charge in [-0.3, -0.25) is 4.79 Å². The molecule has 2 aromatic rings. The van der Waals surface area contributed by atoms with E-state index in [4.69, 9.17) is 17.3 Å². The van der Waals surface area contributed by atoms with Gasteiger partial charge < -0.3 is 10.6 Å². The number of carbonyl (C=O) groups excluding carboxylic acids is 1. The summed E-state index contributed by atoms with van der Waals surface area (Å²) >= 11 is 6.36. The number of nitrogens with two attached hydrogens (primary N) is 1. The second kappa shape index (κ2) is 6.72. The summed E-state index contributed by atoms with van der Waals surface area (Å²) in [4.78, 5) is 23.3. The van der Waals surface area contributed by atoms with E-state index in [1.165, 1.54) is 0 Å². The number of nitrogen functional groups attached to an aromatic ring is 1. The lowest BCUT2D eigenvalue weighted by Crippen LogP contribution is -2.29. The number of likely N-dealkylation sites (tertiary alicyclic amines) is 1. The maximum atomic E-state index is 13.0. The highest BCUT2D eigenvalue weighted by molar-refractivity contribution is 6.33. The van der Waals surface area contributed by atoms with Gasteiger partial charge in [0.2, 0.25) is 5.95 Å². The topological polar surface area (TPSA) is 72.1 Å². The van der Waals surface area contributed by atoms with Crippen molar-refractivity contribution >= 4 is 23.5 Å². The largest absolute Gasteiger partial charge is 0.368 e. The van der Waals surface area contributed by atoms with Gasteiger partial charge in [0, 0.05) is 24.2 Å². The Morgan fingerprint density at radius 2 is 1.88 bits per heavy atom. The van der Waals surface area contributed by atoms with Crippen molar-refractivity contribution in [3.05, 3.63) is 52.7 Å². The number of anilines is 1. The first-order valence-corrected chi connectivity index (χ1v) is 9.25. The normalized spacial score (nSPS) is 21.7. The van der Waals surface area contributed by atoms with Crippen LogP contribution in [0, 0.1) is 18.8 Å². The number of amides is 1. The Morgan fingerprint density at radius 1 is 1.19 bits per heavy atom. The molecule has 1 fully saturated rings. The van der Waals surface area contributed by atoms with Gasteiger partial charge in [-0.15, -0.1) is 0 Å². The molecule has 2 N–H and O–H groups in total. The number of hydrogen-bond acceptors (Lipinski definition) is 4. The van der Waals surface area contributed by atoms with E-state index in [0.717, 1.165) is 31.5 Å². The summed E-state index contributed by atoms with van der Waals surface area (Å²) in [5, 5.41) is 0.460. The van der Waals surface area contributed by atoms with Crippen molar-refractivity contribution in [2.24, 2.45) is 11.8 Å². The van der Waals surface area contributed by atoms with Gasteiger partial charge in [-0.05, 0) is 43.7 Å². The van der Waals surface area contributed by atoms with Gasteiger partial charge >= 0.3 is 0 Å². The van der Waals surface area contributed by atoms with Crippen LogP contribution in [0.25, 0.3) is 11.3 Å². The standard InChI is InChI=1S/C20H21ClN4O/c1-12-17(21)18(24-20(22)23-12)13-7-4-8-14(9-13)19(26)25-10-15-5-2-3-6-16(15)11-25/h2-4,7-9,15-16H,5-6,10-11H2,1H3,(H2,22,23,24)/t15-,16+. The second-order valence-electron chi connectivity index (χ2n) is 7.08. The number of aryl methyl sites for hydroxylation is 1. The van der Waals surface area contributed by atoms with E-state index in [9.17, 15) is 4.79 Å². The molecule has 1 aliphatic heterocycles. The van der Waals surface area contributed by atoms with Crippen LogP contribution in [0.3, 0.4) is 0 Å². The molecule has 26 heavy (non-hydrogen) atoms. The Kier molecular flexibility index (Phi) is 4.41. The number of fused-ring (bicyclic) bond motifs is 1. The Balaban J connectivity index is 1.61. The van der Waals surface area contributed by atoms with Crippen molar-refractivity contribution in [1.29, 1.82) is 0 Å². The van der Waals surface area contributed by atoms with Crippen LogP contribution in [0.2, 0.25) is 5.02 Å². The summed E-state index contributed by atoms with van der Waals surface area (Å²) in [7, 11) is 0. The van der Waals surface area contributed by atoms with Crippen LogP contribution >= 0.6 is 11.6 Å². The highest BCUT2D eigenvalue weighted by Gasteiger charge is 2.35. The molecule has 134 valence electrons. The monoisotopic (exact) mass is 368 g/mol. The molecule has 0 bridgehead atoms. The van der Waals surface area contributed by atoms with Crippen LogP contribution < -0.4 is 5.73 Å². The van der Waals surface area contributed by atoms with Crippen LogP contribution in [0.5, 0.6) is 0 Å². The molecule has 1 amide bonds. The molecule has 0 saturated carbocycles. The molecule has 1 aromatic carbocycles. The van der Waals surface area contributed by atoms with Crippen molar-refractivity contribution in [2.75, 3.05) is 18.8 Å². The lowest BCUT2D eigenvalue weighted by Gasteiger charge is -2.17. The molecule has 6 heteroatoms. The average Bonchev–Trinajstić information content (AvgIpc) is 3.08. The van der Waals surface area contributed by atoms with E-state index in [-0.39, 0.29) is 11.9 Å². The molecule has 0 spiro atoms. The zero-order valence-corrected chi connectivity index (χ0v) is 15.4. The Morgan fingerprint density at radius 3 is 2.58 bits per heavy atom. The Hall–Kier alpha value is -2.40. The van der Waals surface area contributed by atoms with Crippen molar-refractivity contribution < 1.29 is 4.79 Å². The molecular weight excluding hydrogens is 348 g/mol. The maximum Gasteiger partial charge on any atom is 0.253 e. The highest BCUT2D eigenvalue weighted by Crippen LogP contribution is 2.34. The fourth-order valence-corrected chi connectivity index (χ4v) is 4.13. The Labute approximate surface area is 157 Å². The first-order valence-electron chi connectivity index (χ1n) is 8.87. The van der Waals surface area contributed by atoms with E-state index >= 15 is 0 Å². The molecule has 2 atom stereocenters. The van der Waals surface area contributed by atoms with Gasteiger partial charge in [0.25, 0.3) is 5.91 Å². The number of hydrogen-bond donors (Lipinski definition) is 1. The zero-order valence-electron chi connectivity index (χ0n) is 14.7. The molecule has 2 aliphatic rings. The zero-order chi connectivity index (χ0) is 18.3. The molecule has 0 radical (unpaired) electrons. The smallest absolute Gasteiger partial charge is 0.253 e. The van der Waals surface area contributed by atoms with Gasteiger partial charge in [0.1, 0.15) is 0 Å². The first-order chi connectivity index (χ1) is 12.5. The summed E-state index contributed by atoms with van der Waals surface area (Å²) < 4.78 is 0. The lowest BCUT2D eigenvalue weighted by atomic mass is 9.86. The van der Waals surface area contributed by atoms with Crippen LogP contribution in [-0.4, -0.2) is 33.9 Å². The molecule has 5 nitrogen and oxygen atoms in total. The predicted octanol–water partition coefficient (Wildman–Crippen LogP) is 3.73. The van der Waals surface area contributed by atoms with E-state index < -0.39 is 0 Å². The summed E-state index contributed by atoms with van der Waals surface area (Å²) in [5.74, 6) is 1.42. The number of nitrogens with zero attached hydrogens (tertiary/aromatic N) is 3. The summed E-state index contributed by atoms with van der Waals surface area (Å²) in [6, 6.07) is 7.43. The molecule has 1 saturated heterocycles. The second-order valence-corrected chi connectivity index (χ2v) is 7.46. The number of aromatic nitrogens is 2. The van der Waals surface area contributed by atoms with Crippen LogP contribution in [0.1, 0.15) is 28.9 Å². The van der Waals surface area contributed by atoms with Gasteiger partial charge in [0.15, 0.2) is 0 Å². The van der Waals surface area contributed by atoms with Crippen molar-refractivity contribution in [3.63, 3.8) is 0 Å². The van der Waals surface area contributed by atoms with Crippen molar-refractivity contribution in [3.8, 4) is 11.3 Å². The quantitative estimate of drug-likeness (QED) is 0.820. The third-order valence-corrected chi connectivity index (χ3v) is 5.78. The maximum absolute atomic E-state index is 13.0. The third-order valence-electron chi connectivity index (χ3n) is 5.33. The molecular formula is C20H21ClN4O. The van der Waals surface area contributed by atoms with Gasteiger partial charge in [-0.1, -0.05) is 35.9 Å². The molecule has 0 unspecified atom stereocenters. The minimum Gasteiger partial charge on any atom is -0.368 e. The highest BCUT2D eigenvalue weighted by atomic mass is 35.5. The fourth-order valence-electron chi connectivity index (χ4n) is 3.93. The van der Waals surface area contributed by atoms with Crippen LogP contribution in [-0.2, 0) is 0 Å². The van der Waals surface area contributed by atoms with Crippen LogP contribution in [0.4, 0.5) is 5.95 Å². The number of rotatable bonds is 2. The number of halogens is 1. The number of benzene rings is 1. The van der Waals surface area contributed by atoms with Crippen LogP contribution in [0.15, 0.2) is 36.4 Å². The van der Waals surface area contributed by atoms with Gasteiger partial charge in [-0.2, -0.15) is 0 Å². The minimum absolute atomic E-state index is 0.0659. The SMILES string of the molecule is Cc1nc(N)nc(-c2cccc(C(=O)N3C[C@H]4CC=CC[C@H]4C3)c2)c1Cl. The van der Waals surface area contributed by atoms with E-state index in [2.05, 4.69) is 22.1 Å². The molecule has 4 rings (SSSR count). The van der Waals surface area contributed by atoms with Crippen molar-refractivity contribution in [2.45, 2.75) is 19.8 Å². The van der Waals surface area contributed by atoms with E-state index in [0.29, 0.717) is 33.8 Å². The average molecular weight is 369 g/mol. The summed E-state index contributed by atoms with van der Waals surface area (Å²) in [5.41, 5.74) is 8.38. The molecule has 1 aliphatic carbocycles. The molecule has 2 heterocycles. The third kappa shape index (κ3) is 3.07.